The summed E-state index contributed by atoms with van der Waals surface area (Å²) >= 11 is 6.18. The van der Waals surface area contributed by atoms with E-state index in [2.05, 4.69) is 14.8 Å². The van der Waals surface area contributed by atoms with E-state index in [0.29, 0.717) is 27.9 Å². The van der Waals surface area contributed by atoms with Crippen molar-refractivity contribution in [3.8, 4) is 28.6 Å². The van der Waals surface area contributed by atoms with Crippen molar-refractivity contribution in [3.05, 3.63) is 70.8 Å². The quantitative estimate of drug-likeness (QED) is 0.586. The molecule has 0 spiro atoms. The molecule has 0 amide bonds. The second-order valence-electron chi connectivity index (χ2n) is 5.26. The van der Waals surface area contributed by atoms with Crippen LogP contribution >= 0.6 is 11.6 Å². The van der Waals surface area contributed by atoms with E-state index in [1.165, 1.54) is 13.4 Å². The molecule has 0 bridgehead atoms. The fraction of sp³-hybridized carbons (Fsp3) is 0.105. The summed E-state index contributed by atoms with van der Waals surface area (Å²) in [5.41, 5.74) is 3.11. The zero-order valence-corrected chi connectivity index (χ0v) is 14.4. The van der Waals surface area contributed by atoms with Gasteiger partial charge < -0.3 is 9.47 Å². The summed E-state index contributed by atoms with van der Waals surface area (Å²) < 4.78 is 11.3. The number of benzene rings is 2. The van der Waals surface area contributed by atoms with Crippen LogP contribution in [0.1, 0.15) is 5.56 Å². The van der Waals surface area contributed by atoms with Crippen LogP contribution in [0.25, 0.3) is 16.1 Å². The van der Waals surface area contributed by atoms with Gasteiger partial charge in [0.25, 0.3) is 5.88 Å². The summed E-state index contributed by atoms with van der Waals surface area (Å²) in [6, 6.07) is 12.7. The Bertz CT molecular complexity index is 950. The zero-order chi connectivity index (χ0) is 17.8. The van der Waals surface area contributed by atoms with Gasteiger partial charge >= 0.3 is 0 Å². The van der Waals surface area contributed by atoms with Gasteiger partial charge in [-0.1, -0.05) is 47.5 Å². The van der Waals surface area contributed by atoms with Gasteiger partial charge in [0.05, 0.1) is 18.7 Å². The minimum Gasteiger partial charge on any atom is -0.490 e. The molecule has 1 heterocycles. The van der Waals surface area contributed by atoms with E-state index in [9.17, 15) is 0 Å². The fourth-order valence-corrected chi connectivity index (χ4v) is 2.49. The molecule has 3 rings (SSSR count). The summed E-state index contributed by atoms with van der Waals surface area (Å²) in [4.78, 5) is 11.8. The van der Waals surface area contributed by atoms with Crippen molar-refractivity contribution in [1.82, 2.24) is 9.97 Å². The van der Waals surface area contributed by atoms with Crippen molar-refractivity contribution >= 4 is 17.3 Å². The average Bonchev–Trinajstić information content (AvgIpc) is 2.63. The Balaban J connectivity index is 2.01. The Labute approximate surface area is 150 Å². The number of hydrogen-bond acceptors (Lipinski definition) is 4. The predicted octanol–water partition coefficient (Wildman–Crippen LogP) is 5.46. The Kier molecular flexibility index (Phi) is 4.82. The van der Waals surface area contributed by atoms with Crippen molar-refractivity contribution in [2.75, 3.05) is 7.11 Å². The number of rotatable bonds is 4. The molecule has 0 N–H and O–H groups in total. The van der Waals surface area contributed by atoms with Gasteiger partial charge in [-0.3, -0.25) is 0 Å². The van der Waals surface area contributed by atoms with Crippen LogP contribution in [0.4, 0.5) is 5.69 Å². The summed E-state index contributed by atoms with van der Waals surface area (Å²) in [5, 5.41) is 0.325. The Hall–Kier alpha value is -3.10. The number of aryl methyl sites for hydroxylation is 1. The summed E-state index contributed by atoms with van der Waals surface area (Å²) in [5.74, 6) is 1.06. The summed E-state index contributed by atoms with van der Waals surface area (Å²) in [7, 11) is 1.53. The lowest BCUT2D eigenvalue weighted by Crippen LogP contribution is -1.98. The van der Waals surface area contributed by atoms with E-state index in [0.717, 1.165) is 11.1 Å². The third kappa shape index (κ3) is 3.54. The SMILES string of the molecule is [C-]#[N+]c1ccc(Oc2ncnc(-c3ccc(C)cc3)c2OC)c(Cl)c1. The molecule has 0 saturated carbocycles. The molecular weight excluding hydrogens is 338 g/mol. The van der Waals surface area contributed by atoms with Crippen molar-refractivity contribution < 1.29 is 9.47 Å². The maximum atomic E-state index is 7.02. The molecule has 0 radical (unpaired) electrons. The van der Waals surface area contributed by atoms with Gasteiger partial charge in [-0.25, -0.2) is 9.83 Å². The van der Waals surface area contributed by atoms with Crippen LogP contribution in [0.15, 0.2) is 48.8 Å². The van der Waals surface area contributed by atoms with Crippen LogP contribution in [0.5, 0.6) is 17.4 Å². The lowest BCUT2D eigenvalue weighted by Gasteiger charge is -2.13. The van der Waals surface area contributed by atoms with E-state index in [1.807, 2.05) is 31.2 Å². The van der Waals surface area contributed by atoms with Crippen LogP contribution < -0.4 is 9.47 Å². The highest BCUT2D eigenvalue weighted by atomic mass is 35.5. The van der Waals surface area contributed by atoms with E-state index < -0.39 is 0 Å². The molecule has 124 valence electrons. The maximum absolute atomic E-state index is 7.02. The molecule has 0 unspecified atom stereocenters. The number of nitrogens with zero attached hydrogens (tertiary/aromatic N) is 3. The normalized spacial score (nSPS) is 10.2. The third-order valence-electron chi connectivity index (χ3n) is 3.55. The fourth-order valence-electron chi connectivity index (χ4n) is 2.28. The smallest absolute Gasteiger partial charge is 0.266 e. The molecule has 6 heteroatoms. The number of methoxy groups -OCH3 is 1. The standard InChI is InChI=1S/C19H14ClN3O2/c1-12-4-6-13(7-5-12)17-18(24-3)19(23-11-22-17)25-16-9-8-14(21-2)10-15(16)20/h4-11H,1,3H3. The molecule has 0 aliphatic heterocycles. The van der Waals surface area contributed by atoms with Crippen molar-refractivity contribution in [1.29, 1.82) is 0 Å². The molecule has 0 fully saturated rings. The minimum absolute atomic E-state index is 0.255. The molecule has 3 aromatic rings. The van der Waals surface area contributed by atoms with Crippen LogP contribution in [0.3, 0.4) is 0 Å². The largest absolute Gasteiger partial charge is 0.490 e. The van der Waals surface area contributed by atoms with Crippen LogP contribution in [-0.2, 0) is 0 Å². The Morgan fingerprint density at radius 2 is 1.84 bits per heavy atom. The molecule has 0 aliphatic carbocycles. The molecular formula is C19H14ClN3O2. The Morgan fingerprint density at radius 1 is 1.08 bits per heavy atom. The van der Waals surface area contributed by atoms with Gasteiger partial charge in [0, 0.05) is 5.56 Å². The first-order chi connectivity index (χ1) is 12.1. The zero-order valence-electron chi connectivity index (χ0n) is 13.7. The highest BCUT2D eigenvalue weighted by molar-refractivity contribution is 6.32. The molecule has 0 atom stereocenters. The van der Waals surface area contributed by atoms with Gasteiger partial charge in [-0.2, -0.15) is 4.98 Å². The lowest BCUT2D eigenvalue weighted by atomic mass is 10.1. The first-order valence-electron chi connectivity index (χ1n) is 7.43. The van der Waals surface area contributed by atoms with Crippen molar-refractivity contribution in [2.45, 2.75) is 6.92 Å². The minimum atomic E-state index is 0.255. The predicted molar refractivity (Wildman–Crippen MR) is 96.5 cm³/mol. The molecule has 25 heavy (non-hydrogen) atoms. The van der Waals surface area contributed by atoms with Gasteiger partial charge in [0.1, 0.15) is 17.8 Å². The second-order valence-corrected chi connectivity index (χ2v) is 5.66. The highest BCUT2D eigenvalue weighted by Gasteiger charge is 2.17. The van der Waals surface area contributed by atoms with Gasteiger partial charge in [0.15, 0.2) is 5.69 Å². The first kappa shape index (κ1) is 16.7. The molecule has 1 aromatic heterocycles. The summed E-state index contributed by atoms with van der Waals surface area (Å²) in [6.45, 7) is 9.04. The van der Waals surface area contributed by atoms with Crippen LogP contribution in [0, 0.1) is 13.5 Å². The molecule has 5 nitrogen and oxygen atoms in total. The molecule has 2 aromatic carbocycles. The number of aromatic nitrogens is 2. The van der Waals surface area contributed by atoms with E-state index in [1.54, 1.807) is 18.2 Å². The number of ether oxygens (including phenoxy) is 2. The molecule has 0 saturated heterocycles. The highest BCUT2D eigenvalue weighted by Crippen LogP contribution is 2.39. The van der Waals surface area contributed by atoms with Crippen molar-refractivity contribution in [3.63, 3.8) is 0 Å². The monoisotopic (exact) mass is 351 g/mol. The van der Waals surface area contributed by atoms with E-state index in [-0.39, 0.29) is 5.88 Å². The van der Waals surface area contributed by atoms with E-state index >= 15 is 0 Å². The number of halogens is 1. The first-order valence-corrected chi connectivity index (χ1v) is 7.81. The topological polar surface area (TPSA) is 48.6 Å². The van der Waals surface area contributed by atoms with Gasteiger partial charge in [0.2, 0.25) is 5.75 Å². The van der Waals surface area contributed by atoms with E-state index in [4.69, 9.17) is 27.6 Å². The van der Waals surface area contributed by atoms with Gasteiger partial charge in [-0.05, 0) is 19.1 Å². The molecule has 0 aliphatic rings. The average molecular weight is 352 g/mol. The van der Waals surface area contributed by atoms with Crippen LogP contribution in [-0.4, -0.2) is 17.1 Å². The lowest BCUT2D eigenvalue weighted by molar-refractivity contribution is 0.369. The Morgan fingerprint density at radius 3 is 2.48 bits per heavy atom. The third-order valence-corrected chi connectivity index (χ3v) is 3.85. The maximum Gasteiger partial charge on any atom is 0.266 e. The van der Waals surface area contributed by atoms with Crippen LogP contribution in [0.2, 0.25) is 5.02 Å². The van der Waals surface area contributed by atoms with Crippen molar-refractivity contribution in [2.24, 2.45) is 0 Å². The number of hydrogen-bond donors (Lipinski definition) is 0. The summed E-state index contributed by atoms with van der Waals surface area (Å²) in [6.07, 6.45) is 1.41. The van der Waals surface area contributed by atoms with Gasteiger partial charge in [-0.15, -0.1) is 0 Å². The second kappa shape index (κ2) is 7.20.